The highest BCUT2D eigenvalue weighted by atomic mass is 19.4. The van der Waals surface area contributed by atoms with Crippen LogP contribution in [0.5, 0.6) is 11.6 Å². The number of aromatic nitrogens is 3. The number of aliphatic hydroxyl groups is 1. The summed E-state index contributed by atoms with van der Waals surface area (Å²) in [6, 6.07) is 5.25. The van der Waals surface area contributed by atoms with Crippen LogP contribution in [0.15, 0.2) is 59.8 Å². The van der Waals surface area contributed by atoms with Crippen LogP contribution in [0.1, 0.15) is 37.4 Å². The van der Waals surface area contributed by atoms with Gasteiger partial charge in [-0.2, -0.15) is 18.2 Å². The second-order valence-corrected chi connectivity index (χ2v) is 7.40. The number of benzene rings is 2. The van der Waals surface area contributed by atoms with Crippen molar-refractivity contribution in [2.75, 3.05) is 6.61 Å². The predicted molar refractivity (Wildman–Crippen MR) is 123 cm³/mol. The molecule has 2 aromatic carbocycles. The molecule has 37 heavy (non-hydrogen) atoms. The summed E-state index contributed by atoms with van der Waals surface area (Å²) in [5, 5.41) is 9.35. The van der Waals surface area contributed by atoms with Crippen LogP contribution >= 0.6 is 0 Å². The van der Waals surface area contributed by atoms with E-state index in [1.54, 1.807) is 0 Å². The molecule has 0 aliphatic heterocycles. The van der Waals surface area contributed by atoms with Crippen molar-refractivity contribution in [2.45, 2.75) is 32.5 Å². The first-order chi connectivity index (χ1) is 17.6. The Morgan fingerprint density at radius 1 is 1.03 bits per heavy atom. The molecule has 0 saturated carbocycles. The molecule has 1 N–H and O–H groups in total. The Balaban J connectivity index is 0.00000186. The van der Waals surface area contributed by atoms with Crippen LogP contribution in [0.25, 0.3) is 10.9 Å². The number of hydrogen-bond acceptors (Lipinski definition) is 5. The topological polar surface area (TPSA) is 77.2 Å². The lowest BCUT2D eigenvalue weighted by atomic mass is 10.0. The Hall–Kier alpha value is -3.93. The van der Waals surface area contributed by atoms with Crippen LogP contribution in [-0.4, -0.2) is 26.2 Å². The monoisotopic (exact) mass is 525 g/mol. The number of ether oxygens (including phenoxy) is 1. The Morgan fingerprint density at radius 2 is 1.70 bits per heavy atom. The van der Waals surface area contributed by atoms with Gasteiger partial charge in [0.1, 0.15) is 28.8 Å². The van der Waals surface area contributed by atoms with Crippen molar-refractivity contribution in [2.24, 2.45) is 0 Å². The number of hydrogen-bond donors (Lipinski definition) is 1. The van der Waals surface area contributed by atoms with Gasteiger partial charge in [-0.3, -0.25) is 4.79 Å². The Morgan fingerprint density at radius 3 is 2.32 bits per heavy atom. The number of fused-ring (bicyclic) bond motifs is 1. The van der Waals surface area contributed by atoms with Crippen molar-refractivity contribution in [3.63, 3.8) is 0 Å². The number of pyridine rings is 1. The molecule has 6 nitrogen and oxygen atoms in total. The van der Waals surface area contributed by atoms with Gasteiger partial charge in [0.15, 0.2) is 0 Å². The molecule has 0 bridgehead atoms. The van der Waals surface area contributed by atoms with E-state index >= 15 is 0 Å². The van der Waals surface area contributed by atoms with E-state index in [0.29, 0.717) is 12.1 Å². The number of alkyl halides is 3. The van der Waals surface area contributed by atoms with E-state index in [0.717, 1.165) is 30.7 Å². The number of halogens is 6. The van der Waals surface area contributed by atoms with Crippen molar-refractivity contribution >= 4 is 10.9 Å². The van der Waals surface area contributed by atoms with E-state index in [-0.39, 0.29) is 23.1 Å². The molecular weight excluding hydrogens is 504 g/mol. The fourth-order valence-corrected chi connectivity index (χ4v) is 3.69. The maximum absolute atomic E-state index is 14.5. The van der Waals surface area contributed by atoms with Gasteiger partial charge in [0.05, 0.1) is 23.3 Å². The molecule has 4 aromatic rings. The molecule has 4 rings (SSSR count). The zero-order chi connectivity index (χ0) is 27.3. The van der Waals surface area contributed by atoms with Gasteiger partial charge < -0.3 is 14.4 Å². The number of nitrogens with zero attached hydrogens (tertiary/aromatic N) is 3. The van der Waals surface area contributed by atoms with Gasteiger partial charge in [-0.15, -0.1) is 0 Å². The van der Waals surface area contributed by atoms with E-state index in [9.17, 15) is 36.2 Å². The second-order valence-electron chi connectivity index (χ2n) is 7.40. The second kappa shape index (κ2) is 11.4. The molecule has 12 heteroatoms. The zero-order valence-electron chi connectivity index (χ0n) is 19.6. The molecule has 0 radical (unpaired) electrons. The first kappa shape index (κ1) is 27.7. The number of rotatable bonds is 6. The normalized spacial score (nSPS) is 12.1. The van der Waals surface area contributed by atoms with E-state index in [1.165, 1.54) is 16.7 Å². The summed E-state index contributed by atoms with van der Waals surface area (Å²) in [7, 11) is 0. The molecule has 0 aliphatic carbocycles. The molecule has 196 valence electrons. The van der Waals surface area contributed by atoms with Crippen LogP contribution in [0.2, 0.25) is 0 Å². The summed E-state index contributed by atoms with van der Waals surface area (Å²) in [6.07, 6.45) is -2.85. The molecule has 2 heterocycles. The SMILES string of the molecule is CC.O=c1ncn(C(CCO)c2c(F)cc(F)cc2F)c2ccc(Oc3ncccc3C(F)(F)F)cc12. The van der Waals surface area contributed by atoms with Gasteiger partial charge in [0, 0.05) is 30.5 Å². The lowest BCUT2D eigenvalue weighted by Crippen LogP contribution is -2.20. The summed E-state index contributed by atoms with van der Waals surface area (Å²) < 4.78 is 88.7. The minimum absolute atomic E-state index is 0.0935. The highest BCUT2D eigenvalue weighted by Gasteiger charge is 2.35. The summed E-state index contributed by atoms with van der Waals surface area (Å²) in [5.41, 5.74) is -2.39. The Bertz CT molecular complexity index is 1430. The molecule has 0 fully saturated rings. The number of aliphatic hydroxyl groups excluding tert-OH is 1. The average Bonchev–Trinajstić information content (AvgIpc) is 2.84. The standard InChI is InChI=1S/C23H15F6N3O3.C2H6/c24-12-8-16(25)20(17(26)9-12)19(5-7-33)32-11-31-21(34)14-10-13(3-4-18(14)32)35-22-15(23(27,28)29)2-1-6-30-22;1-2/h1-4,6,8-11,19,33H,5,7H2;1-2H3. The molecule has 0 saturated heterocycles. The fourth-order valence-electron chi connectivity index (χ4n) is 3.69. The van der Waals surface area contributed by atoms with E-state index in [1.807, 2.05) is 13.8 Å². The minimum Gasteiger partial charge on any atom is -0.438 e. The molecule has 0 aliphatic rings. The van der Waals surface area contributed by atoms with Crippen LogP contribution in [0, 0.1) is 17.5 Å². The van der Waals surface area contributed by atoms with E-state index in [4.69, 9.17) is 4.74 Å². The summed E-state index contributed by atoms with van der Waals surface area (Å²) in [4.78, 5) is 19.7. The van der Waals surface area contributed by atoms with Gasteiger partial charge in [0.25, 0.3) is 5.56 Å². The third-order valence-electron chi connectivity index (χ3n) is 5.18. The lowest BCUT2D eigenvalue weighted by Gasteiger charge is -2.23. The largest absolute Gasteiger partial charge is 0.438 e. The Kier molecular flexibility index (Phi) is 8.53. The van der Waals surface area contributed by atoms with Gasteiger partial charge in [-0.05, 0) is 36.8 Å². The van der Waals surface area contributed by atoms with Crippen molar-refractivity contribution in [3.8, 4) is 11.6 Å². The zero-order valence-corrected chi connectivity index (χ0v) is 19.6. The summed E-state index contributed by atoms with van der Waals surface area (Å²) >= 11 is 0. The van der Waals surface area contributed by atoms with Crippen LogP contribution in [0.3, 0.4) is 0 Å². The van der Waals surface area contributed by atoms with Crippen molar-refractivity contribution in [1.82, 2.24) is 14.5 Å². The highest BCUT2D eigenvalue weighted by Crippen LogP contribution is 2.37. The van der Waals surface area contributed by atoms with E-state index < -0.39 is 58.8 Å². The minimum atomic E-state index is -4.74. The highest BCUT2D eigenvalue weighted by molar-refractivity contribution is 5.80. The van der Waals surface area contributed by atoms with Gasteiger partial charge in [-0.25, -0.2) is 18.2 Å². The molecule has 1 unspecified atom stereocenters. The molecule has 0 amide bonds. The van der Waals surface area contributed by atoms with E-state index in [2.05, 4.69) is 9.97 Å². The van der Waals surface area contributed by atoms with Gasteiger partial charge >= 0.3 is 6.18 Å². The van der Waals surface area contributed by atoms with Crippen LogP contribution in [-0.2, 0) is 6.18 Å². The predicted octanol–water partition coefficient (Wildman–Crippen LogP) is 6.02. The van der Waals surface area contributed by atoms with Crippen molar-refractivity contribution in [3.05, 3.63) is 93.9 Å². The average molecular weight is 525 g/mol. The summed E-state index contributed by atoms with van der Waals surface area (Å²) in [6.45, 7) is 3.48. The van der Waals surface area contributed by atoms with Crippen LogP contribution in [0.4, 0.5) is 26.3 Å². The van der Waals surface area contributed by atoms with Gasteiger partial charge in [-0.1, -0.05) is 13.8 Å². The van der Waals surface area contributed by atoms with Crippen molar-refractivity contribution < 1.29 is 36.2 Å². The molecule has 2 aromatic heterocycles. The van der Waals surface area contributed by atoms with Crippen molar-refractivity contribution in [1.29, 1.82) is 0 Å². The Labute approximate surface area is 206 Å². The fraction of sp³-hybridized carbons (Fsp3) is 0.240. The maximum Gasteiger partial charge on any atom is 0.421 e. The first-order valence-corrected chi connectivity index (χ1v) is 11.1. The third kappa shape index (κ3) is 5.91. The van der Waals surface area contributed by atoms with Gasteiger partial charge in [0.2, 0.25) is 5.88 Å². The maximum atomic E-state index is 14.5. The molecule has 1 atom stereocenters. The molecular formula is C25H21F6N3O3. The first-order valence-electron chi connectivity index (χ1n) is 11.1. The smallest absolute Gasteiger partial charge is 0.421 e. The third-order valence-corrected chi connectivity index (χ3v) is 5.18. The van der Waals surface area contributed by atoms with Crippen LogP contribution < -0.4 is 10.3 Å². The lowest BCUT2D eigenvalue weighted by molar-refractivity contribution is -0.138. The summed E-state index contributed by atoms with van der Waals surface area (Å²) in [5.74, 6) is -4.46. The quantitative estimate of drug-likeness (QED) is 0.312. The molecule has 0 spiro atoms.